The number of methoxy groups -OCH3 is 1. The van der Waals surface area contributed by atoms with Gasteiger partial charge in [-0.25, -0.2) is 4.79 Å². The third kappa shape index (κ3) is 1.06. The van der Waals surface area contributed by atoms with E-state index in [0.717, 1.165) is 7.11 Å². The summed E-state index contributed by atoms with van der Waals surface area (Å²) in [4.78, 5) is 34.8. The van der Waals surface area contributed by atoms with Crippen LogP contribution in [0.5, 0.6) is 0 Å². The van der Waals surface area contributed by atoms with Crippen LogP contribution in [0, 0.1) is 0 Å². The summed E-state index contributed by atoms with van der Waals surface area (Å²) in [6, 6.07) is 5.87. The molecule has 16 heavy (non-hydrogen) atoms. The monoisotopic (exact) mass is 220 g/mol. The van der Waals surface area contributed by atoms with Crippen LogP contribution in [0.3, 0.4) is 0 Å². The zero-order valence-corrected chi connectivity index (χ0v) is 8.39. The molecule has 0 bridgehead atoms. The van der Waals surface area contributed by atoms with E-state index < -0.39 is 23.1 Å². The van der Waals surface area contributed by atoms with E-state index in [2.05, 4.69) is 4.74 Å². The van der Waals surface area contributed by atoms with Crippen molar-refractivity contribution in [1.29, 1.82) is 0 Å². The van der Waals surface area contributed by atoms with E-state index in [0.29, 0.717) is 0 Å². The Morgan fingerprint density at radius 1 is 1.19 bits per heavy atom. The van der Waals surface area contributed by atoms with Gasteiger partial charge in [-0.05, 0) is 0 Å². The van der Waals surface area contributed by atoms with Gasteiger partial charge in [0, 0.05) is 11.1 Å². The molecule has 0 unspecified atom stereocenters. The van der Waals surface area contributed by atoms with Gasteiger partial charge in [0.05, 0.1) is 7.11 Å². The fraction of sp³-hybridized carbons (Fsp3) is 0.182. The Morgan fingerprint density at radius 2 is 1.62 bits per heavy atom. The van der Waals surface area contributed by atoms with Crippen molar-refractivity contribution >= 4 is 17.5 Å². The Morgan fingerprint density at radius 3 is 2.00 bits per heavy atom. The van der Waals surface area contributed by atoms with E-state index in [4.69, 9.17) is 0 Å². The summed E-state index contributed by atoms with van der Waals surface area (Å²) in [7, 11) is 1.00. The number of hydrogen-bond acceptors (Lipinski definition) is 5. The number of Topliss-reactive ketones (excluding diaryl/α,β-unsaturated/α-hetero) is 2. The number of fused-ring (bicyclic) bond motifs is 1. The minimum Gasteiger partial charge on any atom is -0.466 e. The highest BCUT2D eigenvalue weighted by molar-refractivity contribution is 6.41. The molecule has 1 aromatic rings. The molecule has 2 rings (SSSR count). The normalized spacial score (nSPS) is 17.1. The van der Waals surface area contributed by atoms with Gasteiger partial charge in [-0.3, -0.25) is 9.59 Å². The first kappa shape index (κ1) is 10.5. The van der Waals surface area contributed by atoms with Crippen molar-refractivity contribution in [2.24, 2.45) is 0 Å². The second kappa shape index (κ2) is 3.24. The Bertz CT molecular complexity index is 468. The zero-order valence-electron chi connectivity index (χ0n) is 8.39. The lowest BCUT2D eigenvalue weighted by Gasteiger charge is -2.14. The molecule has 5 heteroatoms. The standard InChI is InChI=1S/C11H8O5/c1-16-10(14)11(15)8(12)6-4-2-3-5-7(6)9(11)13/h2-5,15H,1H3. The predicted molar refractivity (Wildman–Crippen MR) is 52.1 cm³/mol. The average molecular weight is 220 g/mol. The second-order valence-corrected chi connectivity index (χ2v) is 3.41. The molecule has 0 radical (unpaired) electrons. The Balaban J connectivity index is 2.62. The molecular weight excluding hydrogens is 212 g/mol. The number of ether oxygens (including phenoxy) is 1. The van der Waals surface area contributed by atoms with Crippen LogP contribution >= 0.6 is 0 Å². The van der Waals surface area contributed by atoms with Crippen LogP contribution in [-0.2, 0) is 9.53 Å². The SMILES string of the molecule is COC(=O)C1(O)C(=O)c2ccccc2C1=O. The van der Waals surface area contributed by atoms with Crippen LogP contribution in [0.2, 0.25) is 0 Å². The van der Waals surface area contributed by atoms with Crippen molar-refractivity contribution in [2.45, 2.75) is 5.60 Å². The smallest absolute Gasteiger partial charge is 0.354 e. The lowest BCUT2D eigenvalue weighted by Crippen LogP contribution is -2.49. The maximum absolute atomic E-state index is 11.8. The molecule has 0 heterocycles. The van der Waals surface area contributed by atoms with E-state index in [1.54, 1.807) is 12.1 Å². The molecule has 0 atom stereocenters. The van der Waals surface area contributed by atoms with Crippen LogP contribution in [-0.4, -0.2) is 35.4 Å². The van der Waals surface area contributed by atoms with E-state index in [9.17, 15) is 19.5 Å². The minimum absolute atomic E-state index is 0.0420. The van der Waals surface area contributed by atoms with Crippen molar-refractivity contribution in [3.05, 3.63) is 35.4 Å². The van der Waals surface area contributed by atoms with Gasteiger partial charge in [-0.1, -0.05) is 24.3 Å². The Kier molecular flexibility index (Phi) is 2.13. The second-order valence-electron chi connectivity index (χ2n) is 3.41. The van der Waals surface area contributed by atoms with Gasteiger partial charge in [0.1, 0.15) is 0 Å². The topological polar surface area (TPSA) is 80.7 Å². The number of hydrogen-bond donors (Lipinski definition) is 1. The predicted octanol–water partition coefficient (Wildman–Crippen LogP) is -0.0303. The summed E-state index contributed by atoms with van der Waals surface area (Å²) in [5.74, 6) is -3.11. The van der Waals surface area contributed by atoms with E-state index in [1.807, 2.05) is 0 Å². The molecule has 0 fully saturated rings. The van der Waals surface area contributed by atoms with Crippen molar-refractivity contribution in [2.75, 3.05) is 7.11 Å². The maximum Gasteiger partial charge on any atom is 0.354 e. The molecule has 1 aromatic carbocycles. The van der Waals surface area contributed by atoms with Crippen LogP contribution < -0.4 is 0 Å². The number of benzene rings is 1. The minimum atomic E-state index is -2.71. The summed E-state index contributed by atoms with van der Waals surface area (Å²) < 4.78 is 4.28. The number of ketones is 2. The molecule has 5 nitrogen and oxygen atoms in total. The molecule has 1 aliphatic carbocycles. The molecule has 0 aromatic heterocycles. The Hall–Kier alpha value is -2.01. The fourth-order valence-corrected chi connectivity index (χ4v) is 1.71. The third-order valence-corrected chi connectivity index (χ3v) is 2.55. The zero-order chi connectivity index (χ0) is 11.9. The highest BCUT2D eigenvalue weighted by Gasteiger charge is 2.58. The summed E-state index contributed by atoms with van der Waals surface area (Å²) >= 11 is 0. The van der Waals surface area contributed by atoms with E-state index in [-0.39, 0.29) is 11.1 Å². The molecular formula is C11H8O5. The molecule has 0 spiro atoms. The van der Waals surface area contributed by atoms with Crippen molar-refractivity contribution in [1.82, 2.24) is 0 Å². The van der Waals surface area contributed by atoms with Crippen LogP contribution in [0.4, 0.5) is 0 Å². The Labute approximate surface area is 90.6 Å². The number of rotatable bonds is 1. The lowest BCUT2D eigenvalue weighted by atomic mass is 9.98. The van der Waals surface area contributed by atoms with Crippen molar-refractivity contribution < 1.29 is 24.2 Å². The summed E-state index contributed by atoms with van der Waals surface area (Å²) in [5.41, 5.74) is -2.63. The molecule has 82 valence electrons. The van der Waals surface area contributed by atoms with Gasteiger partial charge < -0.3 is 9.84 Å². The molecule has 1 aliphatic rings. The maximum atomic E-state index is 11.8. The molecule has 1 N–H and O–H groups in total. The van der Waals surface area contributed by atoms with Crippen LogP contribution in [0.25, 0.3) is 0 Å². The fourth-order valence-electron chi connectivity index (χ4n) is 1.71. The first-order valence-electron chi connectivity index (χ1n) is 4.53. The van der Waals surface area contributed by atoms with Crippen LogP contribution in [0.1, 0.15) is 20.7 Å². The van der Waals surface area contributed by atoms with Gasteiger partial charge in [0.2, 0.25) is 11.6 Å². The highest BCUT2D eigenvalue weighted by Crippen LogP contribution is 2.30. The number of esters is 1. The summed E-state index contributed by atoms with van der Waals surface area (Å²) in [6.07, 6.45) is 0. The van der Waals surface area contributed by atoms with Gasteiger partial charge >= 0.3 is 5.97 Å². The quantitative estimate of drug-likeness (QED) is 0.531. The molecule has 0 amide bonds. The summed E-state index contributed by atoms with van der Waals surface area (Å²) in [6.45, 7) is 0. The van der Waals surface area contributed by atoms with Crippen molar-refractivity contribution in [3.8, 4) is 0 Å². The van der Waals surface area contributed by atoms with Crippen molar-refractivity contribution in [3.63, 3.8) is 0 Å². The molecule has 0 saturated heterocycles. The average Bonchev–Trinajstić information content (AvgIpc) is 2.52. The van der Waals surface area contributed by atoms with Crippen LogP contribution in [0.15, 0.2) is 24.3 Å². The first-order chi connectivity index (χ1) is 7.53. The highest BCUT2D eigenvalue weighted by atomic mass is 16.5. The third-order valence-electron chi connectivity index (χ3n) is 2.55. The molecule has 0 saturated carbocycles. The van der Waals surface area contributed by atoms with Gasteiger partial charge in [0.15, 0.2) is 0 Å². The summed E-state index contributed by atoms with van der Waals surface area (Å²) in [5, 5.41) is 9.84. The molecule has 0 aliphatic heterocycles. The number of carbonyl (C=O) groups is 3. The number of carbonyl (C=O) groups excluding carboxylic acids is 3. The van der Waals surface area contributed by atoms with Gasteiger partial charge in [0.25, 0.3) is 5.60 Å². The van der Waals surface area contributed by atoms with E-state index in [1.165, 1.54) is 12.1 Å². The largest absolute Gasteiger partial charge is 0.466 e. The van der Waals surface area contributed by atoms with Gasteiger partial charge in [-0.2, -0.15) is 0 Å². The van der Waals surface area contributed by atoms with E-state index >= 15 is 0 Å². The number of aliphatic hydroxyl groups is 1. The lowest BCUT2D eigenvalue weighted by molar-refractivity contribution is -0.152. The first-order valence-corrected chi connectivity index (χ1v) is 4.53. The van der Waals surface area contributed by atoms with Gasteiger partial charge in [-0.15, -0.1) is 0 Å².